The van der Waals surface area contributed by atoms with Crippen LogP contribution < -0.4 is 5.73 Å². The summed E-state index contributed by atoms with van der Waals surface area (Å²) in [5.74, 6) is 0.187. The molecule has 1 aliphatic carbocycles. The maximum atomic E-state index is 9.69. The molecule has 0 aromatic heterocycles. The maximum absolute atomic E-state index is 9.69. The van der Waals surface area contributed by atoms with E-state index in [-0.39, 0.29) is 12.0 Å². The Balaban J connectivity index is 2.51. The summed E-state index contributed by atoms with van der Waals surface area (Å²) in [4.78, 5) is 0. The fourth-order valence-electron chi connectivity index (χ4n) is 1.81. The summed E-state index contributed by atoms with van der Waals surface area (Å²) in [6.45, 7) is 3.59. The fraction of sp³-hybridized carbons (Fsp3) is 1.00. The Morgan fingerprint density at radius 3 is 2.33 bits per heavy atom. The maximum Gasteiger partial charge on any atom is 0.0694 e. The second kappa shape index (κ2) is 3.32. The van der Waals surface area contributed by atoms with E-state index in [9.17, 15) is 10.2 Å². The third-order valence-electron chi connectivity index (χ3n) is 2.87. The molecule has 3 heteroatoms. The Morgan fingerprint density at radius 1 is 1.33 bits per heavy atom. The van der Waals surface area contributed by atoms with Gasteiger partial charge in [0.25, 0.3) is 0 Å². The van der Waals surface area contributed by atoms with Crippen molar-refractivity contribution in [3.8, 4) is 0 Å². The van der Waals surface area contributed by atoms with Gasteiger partial charge in [0.15, 0.2) is 0 Å². The third kappa shape index (κ3) is 2.19. The highest BCUT2D eigenvalue weighted by Gasteiger charge is 2.34. The largest absolute Gasteiger partial charge is 0.392 e. The van der Waals surface area contributed by atoms with Crippen molar-refractivity contribution < 1.29 is 10.2 Å². The molecule has 1 fully saturated rings. The molecule has 0 spiro atoms. The molecule has 0 saturated heterocycles. The molecule has 0 aliphatic heterocycles. The summed E-state index contributed by atoms with van der Waals surface area (Å²) >= 11 is 0. The average molecular weight is 173 g/mol. The van der Waals surface area contributed by atoms with Gasteiger partial charge in [-0.05, 0) is 39.0 Å². The van der Waals surface area contributed by atoms with E-state index in [1.165, 1.54) is 0 Å². The molecule has 0 aromatic rings. The van der Waals surface area contributed by atoms with Crippen molar-refractivity contribution in [3.05, 3.63) is 0 Å². The Morgan fingerprint density at radius 2 is 1.92 bits per heavy atom. The van der Waals surface area contributed by atoms with Crippen LogP contribution in [-0.2, 0) is 0 Å². The van der Waals surface area contributed by atoms with Crippen molar-refractivity contribution >= 4 is 0 Å². The van der Waals surface area contributed by atoms with Gasteiger partial charge in [0, 0.05) is 6.04 Å². The van der Waals surface area contributed by atoms with Crippen LogP contribution in [0.2, 0.25) is 0 Å². The van der Waals surface area contributed by atoms with E-state index in [4.69, 9.17) is 5.73 Å². The van der Waals surface area contributed by atoms with Gasteiger partial charge in [-0.3, -0.25) is 0 Å². The molecular weight excluding hydrogens is 154 g/mol. The molecule has 1 saturated carbocycles. The number of nitrogens with two attached hydrogens (primary N) is 1. The molecule has 0 amide bonds. The predicted molar refractivity (Wildman–Crippen MR) is 47.6 cm³/mol. The van der Waals surface area contributed by atoms with Crippen molar-refractivity contribution in [2.24, 2.45) is 11.7 Å². The smallest absolute Gasteiger partial charge is 0.0694 e. The van der Waals surface area contributed by atoms with Gasteiger partial charge in [0.2, 0.25) is 0 Å². The minimum absolute atomic E-state index is 0.0939. The van der Waals surface area contributed by atoms with Crippen LogP contribution in [-0.4, -0.2) is 28.0 Å². The molecule has 0 bridgehead atoms. The first-order chi connectivity index (χ1) is 5.41. The van der Waals surface area contributed by atoms with Crippen LogP contribution in [0.4, 0.5) is 0 Å². The van der Waals surface area contributed by atoms with E-state index in [2.05, 4.69) is 0 Å². The van der Waals surface area contributed by atoms with Gasteiger partial charge in [0.1, 0.15) is 0 Å². The van der Waals surface area contributed by atoms with Crippen LogP contribution >= 0.6 is 0 Å². The van der Waals surface area contributed by atoms with Gasteiger partial charge in [-0.25, -0.2) is 0 Å². The first-order valence-corrected chi connectivity index (χ1v) is 4.57. The van der Waals surface area contributed by atoms with Crippen LogP contribution in [0.15, 0.2) is 0 Å². The standard InChI is InChI=1S/C9H19NO2/c1-9(2,12)6-3-4-7(10)8(11)5-6/h6-8,11-12H,3-5,10H2,1-2H3. The minimum atomic E-state index is -0.679. The highest BCUT2D eigenvalue weighted by Crippen LogP contribution is 2.31. The Kier molecular flexibility index (Phi) is 2.76. The van der Waals surface area contributed by atoms with Crippen LogP contribution in [0.3, 0.4) is 0 Å². The number of rotatable bonds is 1. The number of hydrogen-bond donors (Lipinski definition) is 3. The number of aliphatic hydroxyl groups excluding tert-OH is 1. The fourth-order valence-corrected chi connectivity index (χ4v) is 1.81. The normalized spacial score (nSPS) is 38.2. The molecule has 1 rings (SSSR count). The Hall–Kier alpha value is -0.120. The number of hydrogen-bond acceptors (Lipinski definition) is 3. The molecule has 0 radical (unpaired) electrons. The van der Waals surface area contributed by atoms with Crippen molar-refractivity contribution in [2.45, 2.75) is 50.9 Å². The summed E-state index contributed by atoms with van der Waals surface area (Å²) in [7, 11) is 0. The molecule has 3 atom stereocenters. The van der Waals surface area contributed by atoms with Crippen molar-refractivity contribution in [2.75, 3.05) is 0 Å². The lowest BCUT2D eigenvalue weighted by Crippen LogP contribution is -2.45. The molecule has 3 unspecified atom stereocenters. The van der Waals surface area contributed by atoms with E-state index < -0.39 is 11.7 Å². The van der Waals surface area contributed by atoms with Crippen LogP contribution in [0.1, 0.15) is 33.1 Å². The van der Waals surface area contributed by atoms with Gasteiger partial charge < -0.3 is 15.9 Å². The van der Waals surface area contributed by atoms with Gasteiger partial charge in [0.05, 0.1) is 11.7 Å². The lowest BCUT2D eigenvalue weighted by Gasteiger charge is -2.37. The van der Waals surface area contributed by atoms with E-state index in [1.54, 1.807) is 13.8 Å². The van der Waals surface area contributed by atoms with E-state index in [0.29, 0.717) is 6.42 Å². The summed E-state index contributed by atoms with van der Waals surface area (Å²) in [5.41, 5.74) is 4.97. The first kappa shape index (κ1) is 9.96. The molecule has 0 heterocycles. The molecule has 1 aliphatic rings. The Bertz CT molecular complexity index is 153. The molecule has 72 valence electrons. The predicted octanol–water partition coefficient (Wildman–Crippen LogP) is 0.246. The highest BCUT2D eigenvalue weighted by atomic mass is 16.3. The van der Waals surface area contributed by atoms with Gasteiger partial charge in [-0.15, -0.1) is 0 Å². The molecule has 3 nitrogen and oxygen atoms in total. The third-order valence-corrected chi connectivity index (χ3v) is 2.87. The highest BCUT2D eigenvalue weighted by molar-refractivity contribution is 4.88. The van der Waals surface area contributed by atoms with Crippen molar-refractivity contribution in [1.29, 1.82) is 0 Å². The summed E-state index contributed by atoms with van der Waals surface area (Å²) in [6.07, 6.45) is 1.93. The Labute approximate surface area is 73.6 Å². The summed E-state index contributed by atoms with van der Waals surface area (Å²) < 4.78 is 0. The molecule has 12 heavy (non-hydrogen) atoms. The van der Waals surface area contributed by atoms with Crippen molar-refractivity contribution in [3.63, 3.8) is 0 Å². The zero-order valence-corrected chi connectivity index (χ0v) is 7.83. The SMILES string of the molecule is CC(C)(O)C1CCC(N)C(O)C1. The average Bonchev–Trinajstić information content (AvgIpc) is 1.92. The summed E-state index contributed by atoms with van der Waals surface area (Å²) in [6, 6.07) is -0.0939. The van der Waals surface area contributed by atoms with Gasteiger partial charge in [-0.2, -0.15) is 0 Å². The van der Waals surface area contributed by atoms with Crippen LogP contribution in [0.25, 0.3) is 0 Å². The minimum Gasteiger partial charge on any atom is -0.392 e. The monoisotopic (exact) mass is 173 g/mol. The molecular formula is C9H19NO2. The van der Waals surface area contributed by atoms with Crippen LogP contribution in [0, 0.1) is 5.92 Å². The van der Waals surface area contributed by atoms with Crippen molar-refractivity contribution in [1.82, 2.24) is 0 Å². The summed E-state index contributed by atoms with van der Waals surface area (Å²) in [5, 5.41) is 19.2. The van der Waals surface area contributed by atoms with E-state index >= 15 is 0 Å². The quantitative estimate of drug-likeness (QED) is 0.532. The second-order valence-corrected chi connectivity index (χ2v) is 4.39. The van der Waals surface area contributed by atoms with Gasteiger partial charge in [-0.1, -0.05) is 0 Å². The zero-order valence-electron chi connectivity index (χ0n) is 7.83. The van der Waals surface area contributed by atoms with E-state index in [0.717, 1.165) is 12.8 Å². The lowest BCUT2D eigenvalue weighted by atomic mass is 9.76. The van der Waals surface area contributed by atoms with Gasteiger partial charge >= 0.3 is 0 Å². The first-order valence-electron chi connectivity index (χ1n) is 4.57. The molecule has 4 N–H and O–H groups in total. The zero-order chi connectivity index (χ0) is 9.35. The topological polar surface area (TPSA) is 66.5 Å². The van der Waals surface area contributed by atoms with Crippen LogP contribution in [0.5, 0.6) is 0 Å². The van der Waals surface area contributed by atoms with E-state index in [1.807, 2.05) is 0 Å². The lowest BCUT2D eigenvalue weighted by molar-refractivity contribution is -0.0341. The second-order valence-electron chi connectivity index (χ2n) is 4.39. The number of aliphatic hydroxyl groups is 2. The molecule has 0 aromatic carbocycles.